The van der Waals surface area contributed by atoms with Gasteiger partial charge >= 0.3 is 0 Å². The number of nitrogens with zero attached hydrogens (tertiary/aromatic N) is 4. The van der Waals surface area contributed by atoms with Crippen molar-refractivity contribution in [2.45, 2.75) is 37.6 Å². The third-order valence-corrected chi connectivity index (χ3v) is 6.85. The first-order chi connectivity index (χ1) is 15.1. The second-order valence-electron chi connectivity index (χ2n) is 8.92. The van der Waals surface area contributed by atoms with Crippen LogP contribution in [0.2, 0.25) is 0 Å². The third-order valence-electron chi connectivity index (χ3n) is 6.85. The Kier molecular flexibility index (Phi) is 11.3. The number of ether oxygens (including phenoxy) is 2. The molecule has 0 bridgehead atoms. The standard InChI is InChI=1S/C24H41N5O2.HI/c1-25-23(28(3)18-19-31-22-10-8-21(30-4)9-11-22)26-20-24(12-16-27(2)17-13-24)29-14-6-5-7-15-29;/h8-11H,5-7,12-20H2,1-4H3,(H,25,26);1H. The third kappa shape index (κ3) is 7.38. The van der Waals surface area contributed by atoms with Gasteiger partial charge in [-0.3, -0.25) is 9.89 Å². The van der Waals surface area contributed by atoms with Gasteiger partial charge in [0, 0.05) is 26.2 Å². The predicted molar refractivity (Wildman–Crippen MR) is 143 cm³/mol. The van der Waals surface area contributed by atoms with Gasteiger partial charge in [0.2, 0.25) is 0 Å². The number of nitrogens with one attached hydrogen (secondary N) is 1. The van der Waals surface area contributed by atoms with Crippen molar-refractivity contribution >= 4 is 29.9 Å². The first-order valence-electron chi connectivity index (χ1n) is 11.7. The monoisotopic (exact) mass is 559 g/mol. The Bertz CT molecular complexity index is 686. The Morgan fingerprint density at radius 2 is 1.69 bits per heavy atom. The van der Waals surface area contributed by atoms with E-state index in [4.69, 9.17) is 9.47 Å². The number of rotatable bonds is 8. The van der Waals surface area contributed by atoms with Gasteiger partial charge in [0.05, 0.1) is 13.7 Å². The number of guanidine groups is 1. The molecule has 0 atom stereocenters. The molecule has 0 spiro atoms. The highest BCUT2D eigenvalue weighted by atomic mass is 127. The van der Waals surface area contributed by atoms with Gasteiger partial charge in [-0.25, -0.2) is 0 Å². The highest BCUT2D eigenvalue weighted by Gasteiger charge is 2.39. The van der Waals surface area contributed by atoms with Crippen LogP contribution in [0, 0.1) is 0 Å². The molecule has 3 rings (SSSR count). The molecule has 0 aromatic heterocycles. The Balaban J connectivity index is 0.00000363. The molecule has 2 fully saturated rings. The zero-order valence-corrected chi connectivity index (χ0v) is 22.6. The molecule has 7 nitrogen and oxygen atoms in total. The molecule has 8 heteroatoms. The molecular formula is C24H42IN5O2. The van der Waals surface area contributed by atoms with Crippen LogP contribution in [0.3, 0.4) is 0 Å². The van der Waals surface area contributed by atoms with E-state index in [1.54, 1.807) is 7.11 Å². The summed E-state index contributed by atoms with van der Waals surface area (Å²) in [4.78, 5) is 11.9. The molecule has 0 radical (unpaired) electrons. The van der Waals surface area contributed by atoms with Crippen LogP contribution in [-0.2, 0) is 0 Å². The Labute approximate surface area is 211 Å². The summed E-state index contributed by atoms with van der Waals surface area (Å²) in [6.07, 6.45) is 6.47. The summed E-state index contributed by atoms with van der Waals surface area (Å²) in [7, 11) is 7.85. The maximum Gasteiger partial charge on any atom is 0.193 e. The topological polar surface area (TPSA) is 52.6 Å². The largest absolute Gasteiger partial charge is 0.497 e. The zero-order valence-electron chi connectivity index (χ0n) is 20.3. The lowest BCUT2D eigenvalue weighted by Crippen LogP contribution is -2.62. The molecule has 0 amide bonds. The lowest BCUT2D eigenvalue weighted by atomic mass is 9.84. The van der Waals surface area contributed by atoms with Crippen LogP contribution in [0.5, 0.6) is 11.5 Å². The van der Waals surface area contributed by atoms with E-state index in [-0.39, 0.29) is 29.5 Å². The summed E-state index contributed by atoms with van der Waals surface area (Å²) >= 11 is 0. The number of halogens is 1. The number of likely N-dealkylation sites (N-methyl/N-ethyl adjacent to an activating group) is 1. The summed E-state index contributed by atoms with van der Waals surface area (Å²) in [6, 6.07) is 7.71. The van der Waals surface area contributed by atoms with Crippen LogP contribution in [0.15, 0.2) is 29.3 Å². The van der Waals surface area contributed by atoms with Gasteiger partial charge in [0.1, 0.15) is 18.1 Å². The van der Waals surface area contributed by atoms with Crippen molar-refractivity contribution in [3.05, 3.63) is 24.3 Å². The van der Waals surface area contributed by atoms with Crippen LogP contribution >= 0.6 is 24.0 Å². The quantitative estimate of drug-likeness (QED) is 0.300. The number of aliphatic imine (C=N–C) groups is 1. The number of likely N-dealkylation sites (tertiary alicyclic amines) is 2. The summed E-state index contributed by atoms with van der Waals surface area (Å²) < 4.78 is 11.1. The maximum absolute atomic E-state index is 5.90. The van der Waals surface area contributed by atoms with Crippen molar-refractivity contribution in [1.29, 1.82) is 0 Å². The van der Waals surface area contributed by atoms with E-state index in [1.807, 2.05) is 31.3 Å². The number of piperidine rings is 2. The number of hydrogen-bond acceptors (Lipinski definition) is 5. The average Bonchev–Trinajstić information content (AvgIpc) is 2.82. The van der Waals surface area contributed by atoms with Gasteiger partial charge in [-0.05, 0) is 83.2 Å². The first kappa shape index (κ1) is 27.0. The minimum atomic E-state index is 0. The summed E-state index contributed by atoms with van der Waals surface area (Å²) in [6.45, 7) is 7.13. The van der Waals surface area contributed by atoms with Gasteiger partial charge < -0.3 is 24.6 Å². The van der Waals surface area contributed by atoms with E-state index in [0.717, 1.165) is 30.5 Å². The molecule has 2 saturated heterocycles. The second-order valence-corrected chi connectivity index (χ2v) is 8.92. The molecule has 0 unspecified atom stereocenters. The zero-order chi connectivity index (χ0) is 22.1. The smallest absolute Gasteiger partial charge is 0.193 e. The predicted octanol–water partition coefficient (Wildman–Crippen LogP) is 3.15. The summed E-state index contributed by atoms with van der Waals surface area (Å²) in [5.74, 6) is 2.63. The fourth-order valence-electron chi connectivity index (χ4n) is 4.71. The molecule has 0 saturated carbocycles. The van der Waals surface area contributed by atoms with E-state index in [1.165, 1.54) is 58.3 Å². The van der Waals surface area contributed by atoms with E-state index < -0.39 is 0 Å². The van der Waals surface area contributed by atoms with Gasteiger partial charge in [-0.2, -0.15) is 0 Å². The average molecular weight is 560 g/mol. The minimum Gasteiger partial charge on any atom is -0.497 e. The van der Waals surface area contributed by atoms with Crippen LogP contribution in [-0.4, -0.2) is 100 Å². The van der Waals surface area contributed by atoms with Crippen LogP contribution in [0.25, 0.3) is 0 Å². The van der Waals surface area contributed by atoms with E-state index in [2.05, 4.69) is 39.1 Å². The normalized spacial score (nSPS) is 19.7. The Morgan fingerprint density at radius 3 is 2.28 bits per heavy atom. The Morgan fingerprint density at radius 1 is 1.06 bits per heavy atom. The lowest BCUT2D eigenvalue weighted by molar-refractivity contribution is 0.0170. The van der Waals surface area contributed by atoms with E-state index in [9.17, 15) is 0 Å². The fraction of sp³-hybridized carbons (Fsp3) is 0.708. The second kappa shape index (κ2) is 13.4. The van der Waals surface area contributed by atoms with Crippen LogP contribution in [0.1, 0.15) is 32.1 Å². The fourth-order valence-corrected chi connectivity index (χ4v) is 4.71. The van der Waals surface area contributed by atoms with E-state index in [0.29, 0.717) is 6.61 Å². The molecule has 1 aromatic carbocycles. The van der Waals surface area contributed by atoms with Gasteiger partial charge in [0.15, 0.2) is 5.96 Å². The highest BCUT2D eigenvalue weighted by Crippen LogP contribution is 2.31. The molecule has 32 heavy (non-hydrogen) atoms. The maximum atomic E-state index is 5.90. The first-order valence-corrected chi connectivity index (χ1v) is 11.7. The molecule has 0 aliphatic carbocycles. The molecular weight excluding hydrogens is 517 g/mol. The van der Waals surface area contributed by atoms with Crippen molar-refractivity contribution in [3.8, 4) is 11.5 Å². The van der Waals surface area contributed by atoms with Crippen molar-refractivity contribution < 1.29 is 9.47 Å². The van der Waals surface area contributed by atoms with Gasteiger partial charge in [-0.1, -0.05) is 6.42 Å². The van der Waals surface area contributed by atoms with Crippen molar-refractivity contribution in [3.63, 3.8) is 0 Å². The summed E-state index contributed by atoms with van der Waals surface area (Å²) in [5, 5.41) is 3.70. The van der Waals surface area contributed by atoms with Crippen LogP contribution in [0.4, 0.5) is 0 Å². The van der Waals surface area contributed by atoms with Gasteiger partial charge in [-0.15, -0.1) is 24.0 Å². The number of benzene rings is 1. The minimum absolute atomic E-state index is 0. The molecule has 1 N–H and O–H groups in total. The lowest BCUT2D eigenvalue weighted by Gasteiger charge is -2.50. The molecule has 1 aromatic rings. The summed E-state index contributed by atoms with van der Waals surface area (Å²) in [5.41, 5.74) is 0.239. The Hall–Kier alpha value is -1.26. The SMILES string of the molecule is CN=C(NCC1(N2CCCCC2)CCN(C)CC1)N(C)CCOc1ccc(OC)cc1.I. The molecule has 182 valence electrons. The van der Waals surface area contributed by atoms with Crippen LogP contribution < -0.4 is 14.8 Å². The van der Waals surface area contributed by atoms with Crippen molar-refractivity contribution in [2.24, 2.45) is 4.99 Å². The molecule has 2 heterocycles. The van der Waals surface area contributed by atoms with E-state index >= 15 is 0 Å². The molecule has 2 aliphatic rings. The number of methoxy groups -OCH3 is 1. The van der Waals surface area contributed by atoms with Crippen molar-refractivity contribution in [1.82, 2.24) is 20.0 Å². The van der Waals surface area contributed by atoms with Crippen molar-refractivity contribution in [2.75, 3.05) is 74.1 Å². The van der Waals surface area contributed by atoms with Gasteiger partial charge in [0.25, 0.3) is 0 Å². The number of hydrogen-bond donors (Lipinski definition) is 1. The molecule has 2 aliphatic heterocycles. The highest BCUT2D eigenvalue weighted by molar-refractivity contribution is 14.0.